The van der Waals surface area contributed by atoms with Gasteiger partial charge < -0.3 is 9.73 Å². The summed E-state index contributed by atoms with van der Waals surface area (Å²) in [6.07, 6.45) is 1.97. The van der Waals surface area contributed by atoms with E-state index in [1.54, 1.807) is 0 Å². The van der Waals surface area contributed by atoms with Gasteiger partial charge in [0, 0.05) is 17.8 Å². The van der Waals surface area contributed by atoms with Crippen LogP contribution in [0.2, 0.25) is 0 Å². The molecule has 108 valence electrons. The number of fused-ring (bicyclic) bond motifs is 1. The Kier molecular flexibility index (Phi) is 4.07. The Bertz CT molecular complexity index is 715. The molecule has 0 aliphatic heterocycles. The van der Waals surface area contributed by atoms with Crippen LogP contribution < -0.4 is 5.32 Å². The van der Waals surface area contributed by atoms with Crippen LogP contribution in [0.4, 0.5) is 0 Å². The molecule has 1 aromatic heterocycles. The van der Waals surface area contributed by atoms with Crippen LogP contribution in [0.1, 0.15) is 29.3 Å². The lowest BCUT2D eigenvalue weighted by Gasteiger charge is -2.15. The second kappa shape index (κ2) is 6.15. The molecule has 3 aromatic rings. The molecule has 1 N–H and O–H groups in total. The fourth-order valence-electron chi connectivity index (χ4n) is 2.79. The second-order valence-corrected chi connectivity index (χ2v) is 5.54. The van der Waals surface area contributed by atoms with E-state index in [0.717, 1.165) is 24.2 Å². The highest BCUT2D eigenvalue weighted by Crippen LogP contribution is 2.24. The Hall–Kier alpha value is -2.06. The Morgan fingerprint density at radius 1 is 1.05 bits per heavy atom. The van der Waals surface area contributed by atoms with Crippen molar-refractivity contribution in [3.05, 3.63) is 71.5 Å². The van der Waals surface area contributed by atoms with Crippen molar-refractivity contribution >= 4 is 11.0 Å². The Morgan fingerprint density at radius 2 is 1.86 bits per heavy atom. The Labute approximate surface area is 125 Å². The van der Waals surface area contributed by atoms with Gasteiger partial charge in [0.25, 0.3) is 0 Å². The summed E-state index contributed by atoms with van der Waals surface area (Å²) in [6.45, 7) is 2.11. The predicted molar refractivity (Wildman–Crippen MR) is 87.5 cm³/mol. The SMILES string of the molecule is CNC(CCc1cc2cc(C)ccc2o1)c1ccccc1. The van der Waals surface area contributed by atoms with Crippen molar-refractivity contribution in [3.63, 3.8) is 0 Å². The van der Waals surface area contributed by atoms with Crippen LogP contribution in [-0.2, 0) is 6.42 Å². The summed E-state index contributed by atoms with van der Waals surface area (Å²) < 4.78 is 5.93. The van der Waals surface area contributed by atoms with Gasteiger partial charge in [-0.15, -0.1) is 0 Å². The van der Waals surface area contributed by atoms with Gasteiger partial charge in [-0.3, -0.25) is 0 Å². The van der Waals surface area contributed by atoms with Crippen LogP contribution in [0.25, 0.3) is 11.0 Å². The van der Waals surface area contributed by atoms with Gasteiger partial charge in [-0.1, -0.05) is 42.0 Å². The fraction of sp³-hybridized carbons (Fsp3) is 0.263. The van der Waals surface area contributed by atoms with Crippen LogP contribution in [-0.4, -0.2) is 7.05 Å². The highest BCUT2D eigenvalue weighted by Gasteiger charge is 2.11. The van der Waals surface area contributed by atoms with Gasteiger partial charge >= 0.3 is 0 Å². The molecule has 0 aliphatic rings. The molecule has 2 nitrogen and oxygen atoms in total. The summed E-state index contributed by atoms with van der Waals surface area (Å²) in [6, 6.07) is 19.4. The maximum atomic E-state index is 5.93. The summed E-state index contributed by atoms with van der Waals surface area (Å²) in [7, 11) is 2.01. The Balaban J connectivity index is 1.73. The minimum absolute atomic E-state index is 0.362. The van der Waals surface area contributed by atoms with Crippen molar-refractivity contribution in [2.24, 2.45) is 0 Å². The van der Waals surface area contributed by atoms with Crippen molar-refractivity contribution in [3.8, 4) is 0 Å². The number of nitrogens with one attached hydrogen (secondary N) is 1. The molecule has 0 spiro atoms. The average Bonchev–Trinajstić information content (AvgIpc) is 2.91. The first-order chi connectivity index (χ1) is 10.3. The van der Waals surface area contributed by atoms with E-state index in [2.05, 4.69) is 66.8 Å². The predicted octanol–water partition coefficient (Wildman–Crippen LogP) is 4.63. The minimum atomic E-state index is 0.362. The third kappa shape index (κ3) is 3.17. The molecule has 0 saturated heterocycles. The largest absolute Gasteiger partial charge is 0.461 e. The molecule has 0 bridgehead atoms. The number of hydrogen-bond acceptors (Lipinski definition) is 2. The maximum absolute atomic E-state index is 5.93. The van der Waals surface area contributed by atoms with Crippen LogP contribution in [0.3, 0.4) is 0 Å². The van der Waals surface area contributed by atoms with Gasteiger partial charge in [0.15, 0.2) is 0 Å². The molecule has 21 heavy (non-hydrogen) atoms. The average molecular weight is 279 g/mol. The van der Waals surface area contributed by atoms with Crippen LogP contribution in [0.5, 0.6) is 0 Å². The molecular weight excluding hydrogens is 258 g/mol. The monoisotopic (exact) mass is 279 g/mol. The van der Waals surface area contributed by atoms with Gasteiger partial charge in [-0.05, 0) is 44.2 Å². The lowest BCUT2D eigenvalue weighted by atomic mass is 10.0. The van der Waals surface area contributed by atoms with Crippen LogP contribution in [0.15, 0.2) is 59.0 Å². The van der Waals surface area contributed by atoms with E-state index in [4.69, 9.17) is 4.42 Å². The molecule has 0 radical (unpaired) electrons. The van der Waals surface area contributed by atoms with Crippen molar-refractivity contribution in [1.29, 1.82) is 0 Å². The first-order valence-corrected chi connectivity index (χ1v) is 7.47. The molecule has 2 aromatic carbocycles. The topological polar surface area (TPSA) is 25.2 Å². The van der Waals surface area contributed by atoms with E-state index in [-0.39, 0.29) is 0 Å². The van der Waals surface area contributed by atoms with E-state index in [0.29, 0.717) is 6.04 Å². The zero-order valence-corrected chi connectivity index (χ0v) is 12.6. The van der Waals surface area contributed by atoms with E-state index in [1.165, 1.54) is 16.5 Å². The highest BCUT2D eigenvalue weighted by molar-refractivity contribution is 5.78. The summed E-state index contributed by atoms with van der Waals surface area (Å²) in [4.78, 5) is 0. The fourth-order valence-corrected chi connectivity index (χ4v) is 2.79. The summed E-state index contributed by atoms with van der Waals surface area (Å²) in [5.74, 6) is 1.06. The maximum Gasteiger partial charge on any atom is 0.134 e. The zero-order chi connectivity index (χ0) is 14.7. The molecule has 0 amide bonds. The summed E-state index contributed by atoms with van der Waals surface area (Å²) >= 11 is 0. The van der Waals surface area contributed by atoms with Crippen molar-refractivity contribution < 1.29 is 4.42 Å². The quantitative estimate of drug-likeness (QED) is 0.736. The van der Waals surface area contributed by atoms with Crippen LogP contribution >= 0.6 is 0 Å². The second-order valence-electron chi connectivity index (χ2n) is 5.54. The van der Waals surface area contributed by atoms with Gasteiger partial charge in [0.05, 0.1) is 0 Å². The third-order valence-corrected chi connectivity index (χ3v) is 3.95. The molecule has 0 saturated carbocycles. The van der Waals surface area contributed by atoms with Crippen molar-refractivity contribution in [1.82, 2.24) is 5.32 Å². The molecule has 1 unspecified atom stereocenters. The molecule has 1 atom stereocenters. The van der Waals surface area contributed by atoms with E-state index < -0.39 is 0 Å². The number of aryl methyl sites for hydroxylation is 2. The molecule has 2 heteroatoms. The minimum Gasteiger partial charge on any atom is -0.461 e. The third-order valence-electron chi connectivity index (χ3n) is 3.95. The first-order valence-electron chi connectivity index (χ1n) is 7.47. The van der Waals surface area contributed by atoms with E-state index in [9.17, 15) is 0 Å². The number of rotatable bonds is 5. The van der Waals surface area contributed by atoms with Gasteiger partial charge in [0.1, 0.15) is 11.3 Å². The molecule has 3 rings (SSSR count). The van der Waals surface area contributed by atoms with Gasteiger partial charge in [0.2, 0.25) is 0 Å². The smallest absolute Gasteiger partial charge is 0.134 e. The molecule has 0 fully saturated rings. The molecule has 1 heterocycles. The van der Waals surface area contributed by atoms with E-state index >= 15 is 0 Å². The number of benzene rings is 2. The van der Waals surface area contributed by atoms with Gasteiger partial charge in [-0.2, -0.15) is 0 Å². The first kappa shape index (κ1) is 13.9. The molecule has 0 aliphatic carbocycles. The standard InChI is InChI=1S/C19H21NO/c1-14-8-11-19-16(12-14)13-17(21-19)9-10-18(20-2)15-6-4-3-5-7-15/h3-8,11-13,18,20H,9-10H2,1-2H3. The normalized spacial score (nSPS) is 12.7. The summed E-state index contributed by atoms with van der Waals surface area (Å²) in [5.41, 5.74) is 3.58. The Morgan fingerprint density at radius 3 is 2.62 bits per heavy atom. The van der Waals surface area contributed by atoms with Crippen LogP contribution in [0, 0.1) is 6.92 Å². The van der Waals surface area contributed by atoms with Crippen molar-refractivity contribution in [2.75, 3.05) is 7.05 Å². The summed E-state index contributed by atoms with van der Waals surface area (Å²) in [5, 5.41) is 4.59. The lowest BCUT2D eigenvalue weighted by molar-refractivity contribution is 0.489. The van der Waals surface area contributed by atoms with E-state index in [1.807, 2.05) is 7.05 Å². The lowest BCUT2D eigenvalue weighted by Crippen LogP contribution is -2.16. The number of hydrogen-bond donors (Lipinski definition) is 1. The molecular formula is C19H21NO. The van der Waals surface area contributed by atoms with Crippen molar-refractivity contribution in [2.45, 2.75) is 25.8 Å². The highest BCUT2D eigenvalue weighted by atomic mass is 16.3. The number of furan rings is 1. The zero-order valence-electron chi connectivity index (χ0n) is 12.6. The van der Waals surface area contributed by atoms with Gasteiger partial charge in [-0.25, -0.2) is 0 Å².